The summed E-state index contributed by atoms with van der Waals surface area (Å²) in [5, 5.41) is 11.5. The Morgan fingerprint density at radius 3 is 3.00 bits per heavy atom. The summed E-state index contributed by atoms with van der Waals surface area (Å²) < 4.78 is 19.0. The van der Waals surface area contributed by atoms with Gasteiger partial charge in [-0.2, -0.15) is 0 Å². The topological polar surface area (TPSA) is 103 Å². The number of aryl methyl sites for hydroxylation is 1. The van der Waals surface area contributed by atoms with Crippen molar-refractivity contribution in [1.82, 2.24) is 15.2 Å². The van der Waals surface area contributed by atoms with E-state index in [2.05, 4.69) is 20.5 Å². The molecule has 0 saturated heterocycles. The molecule has 0 radical (unpaired) electrons. The molecule has 0 fully saturated rings. The van der Waals surface area contributed by atoms with Crippen LogP contribution in [0.1, 0.15) is 17.1 Å². The lowest BCUT2D eigenvalue weighted by Crippen LogP contribution is -2.30. The molecule has 2 heterocycles. The predicted octanol–water partition coefficient (Wildman–Crippen LogP) is 2.27. The summed E-state index contributed by atoms with van der Waals surface area (Å²) >= 11 is 0. The van der Waals surface area contributed by atoms with Gasteiger partial charge in [0, 0.05) is 12.1 Å². The molecule has 1 aliphatic carbocycles. The quantitative estimate of drug-likeness (QED) is 0.826. The largest absolute Gasteiger partial charge is 0.492 e. The number of rotatable bonds is 5. The van der Waals surface area contributed by atoms with Gasteiger partial charge in [-0.05, 0) is 24.6 Å². The molecule has 1 aromatic carbocycles. The van der Waals surface area contributed by atoms with Crippen LogP contribution in [0.5, 0.6) is 0 Å². The van der Waals surface area contributed by atoms with Gasteiger partial charge in [-0.1, -0.05) is 30.4 Å². The Hall–Kier alpha value is -3.55. The average Bonchev–Trinajstić information content (AvgIpc) is 3.11. The van der Waals surface area contributed by atoms with E-state index in [0.29, 0.717) is 29.5 Å². The molecule has 3 N–H and O–H groups in total. The van der Waals surface area contributed by atoms with E-state index in [1.54, 1.807) is 31.4 Å². The molecule has 142 valence electrons. The number of amides is 1. The number of carbonyl (C=O) groups is 1. The lowest BCUT2D eigenvalue weighted by Gasteiger charge is -2.21. The Balaban J connectivity index is 1.55. The molecule has 2 aliphatic rings. The van der Waals surface area contributed by atoms with Gasteiger partial charge >= 0.3 is 0 Å². The highest BCUT2D eigenvalue weighted by Crippen LogP contribution is 2.38. The smallest absolute Gasteiger partial charge is 0.248 e. The van der Waals surface area contributed by atoms with Crippen LogP contribution in [0.4, 0.5) is 10.2 Å². The zero-order chi connectivity index (χ0) is 19.7. The first-order chi connectivity index (χ1) is 13.5. The highest BCUT2D eigenvalue weighted by molar-refractivity contribution is 5.94. The van der Waals surface area contributed by atoms with Crippen molar-refractivity contribution in [2.24, 2.45) is 11.7 Å². The van der Waals surface area contributed by atoms with Crippen molar-refractivity contribution in [2.45, 2.75) is 19.6 Å². The number of primary amides is 1. The lowest BCUT2D eigenvalue weighted by molar-refractivity contribution is -0.115. The summed E-state index contributed by atoms with van der Waals surface area (Å²) in [4.78, 5) is 16.2. The second-order valence-electron chi connectivity index (χ2n) is 6.58. The van der Waals surface area contributed by atoms with Crippen LogP contribution < -0.4 is 11.1 Å². The van der Waals surface area contributed by atoms with E-state index in [4.69, 9.17) is 10.5 Å². The summed E-state index contributed by atoms with van der Waals surface area (Å²) in [7, 11) is 0. The van der Waals surface area contributed by atoms with Gasteiger partial charge in [0.1, 0.15) is 17.6 Å². The average molecular weight is 379 g/mol. The van der Waals surface area contributed by atoms with E-state index >= 15 is 0 Å². The number of carbonyl (C=O) groups excluding carboxylic acids is 1. The van der Waals surface area contributed by atoms with E-state index in [1.165, 1.54) is 12.1 Å². The highest BCUT2D eigenvalue weighted by Gasteiger charge is 2.38. The maximum Gasteiger partial charge on any atom is 0.248 e. The predicted molar refractivity (Wildman–Crippen MR) is 101 cm³/mol. The molecule has 2 aromatic rings. The third kappa shape index (κ3) is 3.36. The van der Waals surface area contributed by atoms with Crippen LogP contribution in [-0.2, 0) is 16.1 Å². The molecule has 2 unspecified atom stereocenters. The Morgan fingerprint density at radius 2 is 2.21 bits per heavy atom. The summed E-state index contributed by atoms with van der Waals surface area (Å²) in [5.74, 6) is -0.0824. The molecule has 1 aliphatic heterocycles. The van der Waals surface area contributed by atoms with Gasteiger partial charge in [0.2, 0.25) is 5.91 Å². The summed E-state index contributed by atoms with van der Waals surface area (Å²) in [5.41, 5.74) is 7.96. The van der Waals surface area contributed by atoms with Crippen molar-refractivity contribution in [3.8, 4) is 0 Å². The number of hydrogen-bond acceptors (Lipinski definition) is 6. The third-order valence-electron chi connectivity index (χ3n) is 4.67. The molecule has 0 spiro atoms. The molecule has 7 nitrogen and oxygen atoms in total. The normalized spacial score (nSPS) is 20.1. The van der Waals surface area contributed by atoms with Crippen molar-refractivity contribution in [2.75, 3.05) is 5.32 Å². The van der Waals surface area contributed by atoms with Crippen LogP contribution in [-0.4, -0.2) is 27.2 Å². The number of hydrogen-bond donors (Lipinski definition) is 2. The van der Waals surface area contributed by atoms with Gasteiger partial charge in [-0.25, -0.2) is 9.37 Å². The van der Waals surface area contributed by atoms with E-state index in [0.717, 1.165) is 11.1 Å². The van der Waals surface area contributed by atoms with Gasteiger partial charge in [0.15, 0.2) is 11.6 Å². The standard InChI is InChI=1S/C20H18FN5O2/c1-11-19(23-9-12-4-2-5-13(21)8-12)24-20(26-25-11)16-10-28-17-14(16)6-3-7-15(17)18(22)27/h2-8,10,14,17H,9H2,1H3,(H2,22,27)(H,23,24,26). The Labute approximate surface area is 160 Å². The number of nitrogens with zero attached hydrogens (tertiary/aromatic N) is 3. The van der Waals surface area contributed by atoms with Gasteiger partial charge in [0.25, 0.3) is 0 Å². The van der Waals surface area contributed by atoms with E-state index in [9.17, 15) is 9.18 Å². The third-order valence-corrected chi connectivity index (χ3v) is 4.67. The van der Waals surface area contributed by atoms with E-state index in [-0.39, 0.29) is 11.7 Å². The van der Waals surface area contributed by atoms with Crippen LogP contribution in [0.2, 0.25) is 0 Å². The minimum Gasteiger partial charge on any atom is -0.492 e. The van der Waals surface area contributed by atoms with Gasteiger partial charge in [-0.15, -0.1) is 10.2 Å². The lowest BCUT2D eigenvalue weighted by atomic mass is 9.86. The second kappa shape index (κ2) is 7.22. The number of nitrogens with two attached hydrogens (primary N) is 1. The maximum atomic E-state index is 13.4. The molecule has 1 amide bonds. The monoisotopic (exact) mass is 379 g/mol. The number of ether oxygens (including phenoxy) is 1. The minimum absolute atomic E-state index is 0.215. The Kier molecular flexibility index (Phi) is 4.60. The molecule has 8 heteroatoms. The first-order valence-electron chi connectivity index (χ1n) is 8.76. The van der Waals surface area contributed by atoms with Crippen LogP contribution in [0, 0.1) is 18.7 Å². The molecular weight excluding hydrogens is 361 g/mol. The SMILES string of the molecule is Cc1nnc(C2=COC3C(C(N)=O)=CC=CC23)nc1NCc1cccc(F)c1. The first-order valence-corrected chi connectivity index (χ1v) is 8.76. The molecular formula is C20H18FN5O2. The fourth-order valence-electron chi connectivity index (χ4n) is 3.24. The molecule has 0 bridgehead atoms. The van der Waals surface area contributed by atoms with Crippen molar-refractivity contribution in [3.05, 3.63) is 77.2 Å². The number of allylic oxidation sites excluding steroid dienone is 2. The van der Waals surface area contributed by atoms with E-state index < -0.39 is 12.0 Å². The molecule has 1 aromatic heterocycles. The van der Waals surface area contributed by atoms with Crippen molar-refractivity contribution in [1.29, 1.82) is 0 Å². The molecule has 2 atom stereocenters. The highest BCUT2D eigenvalue weighted by atomic mass is 19.1. The Bertz CT molecular complexity index is 1030. The zero-order valence-electron chi connectivity index (χ0n) is 15.1. The van der Waals surface area contributed by atoms with Crippen LogP contribution >= 0.6 is 0 Å². The van der Waals surface area contributed by atoms with Gasteiger partial charge < -0.3 is 15.8 Å². The summed E-state index contributed by atoms with van der Waals surface area (Å²) in [6.07, 6.45) is 6.41. The van der Waals surface area contributed by atoms with Gasteiger partial charge in [0.05, 0.1) is 17.8 Å². The zero-order valence-corrected chi connectivity index (χ0v) is 15.1. The van der Waals surface area contributed by atoms with Crippen LogP contribution in [0.25, 0.3) is 5.57 Å². The van der Waals surface area contributed by atoms with Crippen LogP contribution in [0.15, 0.2) is 54.3 Å². The number of nitrogens with one attached hydrogen (secondary N) is 1. The number of aromatic nitrogens is 3. The fraction of sp³-hybridized carbons (Fsp3) is 0.200. The Morgan fingerprint density at radius 1 is 1.36 bits per heavy atom. The number of fused-ring (bicyclic) bond motifs is 1. The second-order valence-corrected chi connectivity index (χ2v) is 6.58. The maximum absolute atomic E-state index is 13.4. The molecule has 0 saturated carbocycles. The molecule has 28 heavy (non-hydrogen) atoms. The van der Waals surface area contributed by atoms with Gasteiger partial charge in [-0.3, -0.25) is 4.79 Å². The first kappa shape index (κ1) is 17.8. The molecule has 4 rings (SSSR count). The van der Waals surface area contributed by atoms with Crippen LogP contribution in [0.3, 0.4) is 0 Å². The van der Waals surface area contributed by atoms with Crippen molar-refractivity contribution < 1.29 is 13.9 Å². The summed E-state index contributed by atoms with van der Waals surface area (Å²) in [6, 6.07) is 6.33. The minimum atomic E-state index is -0.519. The number of anilines is 1. The number of halogens is 1. The van der Waals surface area contributed by atoms with Crippen molar-refractivity contribution >= 4 is 17.3 Å². The van der Waals surface area contributed by atoms with Crippen molar-refractivity contribution in [3.63, 3.8) is 0 Å². The van der Waals surface area contributed by atoms with E-state index in [1.807, 2.05) is 12.1 Å². The fourth-order valence-corrected chi connectivity index (χ4v) is 3.24. The summed E-state index contributed by atoms with van der Waals surface area (Å²) in [6.45, 7) is 2.18. The number of benzene rings is 1.